The number of rotatable bonds is 2. The van der Waals surface area contributed by atoms with Crippen LogP contribution in [0, 0.1) is 28.1 Å². The van der Waals surface area contributed by atoms with Gasteiger partial charge in [-0.25, -0.2) is 0 Å². The van der Waals surface area contributed by atoms with Crippen LogP contribution in [0.5, 0.6) is 0 Å². The Kier molecular flexibility index (Phi) is 5.03. The SMILES string of the molecule is CC(C)(C)C(=O)O[C@H]1CC[C@@]2(C)C(=CC[C@H]3C4=CC=C(c5cccnc5)[C@@]4(C)CC[C@@H]32)C1. The Morgan fingerprint density at radius 3 is 2.69 bits per heavy atom. The molecule has 1 heterocycles. The second-order valence-corrected chi connectivity index (χ2v) is 11.9. The number of aromatic nitrogens is 1. The van der Waals surface area contributed by atoms with Gasteiger partial charge >= 0.3 is 5.97 Å². The predicted octanol–water partition coefficient (Wildman–Crippen LogP) is 6.92. The topological polar surface area (TPSA) is 39.2 Å². The summed E-state index contributed by atoms with van der Waals surface area (Å²) in [7, 11) is 0. The van der Waals surface area contributed by atoms with E-state index in [0.717, 1.165) is 25.7 Å². The number of carbonyl (C=O) groups is 1. The molecular weight excluding hydrogens is 394 g/mol. The van der Waals surface area contributed by atoms with E-state index in [1.165, 1.54) is 24.0 Å². The lowest BCUT2D eigenvalue weighted by atomic mass is 9.49. The third kappa shape index (κ3) is 3.31. The number of fused-ring (bicyclic) bond motifs is 5. The molecule has 2 fully saturated rings. The first kappa shape index (κ1) is 21.7. The third-order valence-corrected chi connectivity index (χ3v) is 8.96. The second-order valence-electron chi connectivity index (χ2n) is 11.9. The van der Waals surface area contributed by atoms with Crippen molar-refractivity contribution in [2.24, 2.45) is 28.1 Å². The maximum atomic E-state index is 12.4. The van der Waals surface area contributed by atoms with Crippen LogP contribution in [0.1, 0.15) is 78.7 Å². The van der Waals surface area contributed by atoms with Gasteiger partial charge in [-0.15, -0.1) is 0 Å². The first-order chi connectivity index (χ1) is 15.1. The molecule has 4 aliphatic carbocycles. The van der Waals surface area contributed by atoms with Gasteiger partial charge in [-0.05, 0) is 87.3 Å². The molecule has 0 radical (unpaired) electrons. The maximum absolute atomic E-state index is 12.4. The average molecular weight is 432 g/mol. The van der Waals surface area contributed by atoms with E-state index in [9.17, 15) is 4.79 Å². The Labute approximate surface area is 193 Å². The van der Waals surface area contributed by atoms with Crippen LogP contribution in [-0.2, 0) is 9.53 Å². The summed E-state index contributed by atoms with van der Waals surface area (Å²) >= 11 is 0. The van der Waals surface area contributed by atoms with Crippen LogP contribution in [0.2, 0.25) is 0 Å². The highest BCUT2D eigenvalue weighted by Crippen LogP contribution is 2.64. The van der Waals surface area contributed by atoms with Crippen molar-refractivity contribution in [3.8, 4) is 0 Å². The largest absolute Gasteiger partial charge is 0.462 e. The number of hydrogen-bond donors (Lipinski definition) is 0. The van der Waals surface area contributed by atoms with Gasteiger partial charge in [0.2, 0.25) is 0 Å². The summed E-state index contributed by atoms with van der Waals surface area (Å²) < 4.78 is 5.93. The van der Waals surface area contributed by atoms with Gasteiger partial charge in [0.1, 0.15) is 6.10 Å². The summed E-state index contributed by atoms with van der Waals surface area (Å²) in [6.45, 7) is 10.8. The lowest BCUT2D eigenvalue weighted by Gasteiger charge is -2.56. The molecule has 1 aromatic rings. The highest BCUT2D eigenvalue weighted by Gasteiger charge is 2.54. The molecule has 32 heavy (non-hydrogen) atoms. The number of carbonyl (C=O) groups excluding carboxylic acids is 1. The molecule has 0 saturated heterocycles. The van der Waals surface area contributed by atoms with Gasteiger partial charge in [-0.1, -0.05) is 49.3 Å². The minimum absolute atomic E-state index is 0.0380. The highest BCUT2D eigenvalue weighted by atomic mass is 16.5. The molecule has 0 unspecified atom stereocenters. The Bertz CT molecular complexity index is 1010. The van der Waals surface area contributed by atoms with Crippen molar-refractivity contribution < 1.29 is 9.53 Å². The molecule has 0 bridgehead atoms. The minimum Gasteiger partial charge on any atom is -0.462 e. The molecule has 3 nitrogen and oxygen atoms in total. The van der Waals surface area contributed by atoms with Crippen LogP contribution in [-0.4, -0.2) is 17.1 Å². The molecule has 0 aliphatic heterocycles. The van der Waals surface area contributed by atoms with E-state index in [1.54, 1.807) is 11.1 Å². The van der Waals surface area contributed by atoms with Gasteiger partial charge in [-0.3, -0.25) is 9.78 Å². The molecule has 4 aliphatic rings. The molecule has 0 N–H and O–H groups in total. The van der Waals surface area contributed by atoms with Gasteiger partial charge < -0.3 is 4.74 Å². The standard InChI is InChI=1S/C29H37NO2/c1-27(2,3)26(31)32-21-12-14-28(4)20(17-21)8-9-22-24-11-10-23(19-7-6-16-30-18-19)29(24,5)15-13-25(22)28/h6-8,10-11,16,18,21-22,25H,9,12-15,17H2,1-5H3/t21-,22-,25-,28-,29+/m0/s1. The zero-order valence-electron chi connectivity index (χ0n) is 20.3. The quantitative estimate of drug-likeness (QED) is 0.377. The van der Waals surface area contributed by atoms with Crippen LogP contribution < -0.4 is 0 Å². The van der Waals surface area contributed by atoms with Crippen molar-refractivity contribution in [1.29, 1.82) is 0 Å². The predicted molar refractivity (Wildman–Crippen MR) is 129 cm³/mol. The van der Waals surface area contributed by atoms with Crippen molar-refractivity contribution in [1.82, 2.24) is 4.98 Å². The van der Waals surface area contributed by atoms with Crippen molar-refractivity contribution in [3.63, 3.8) is 0 Å². The fraction of sp³-hybridized carbons (Fsp3) is 0.586. The number of ether oxygens (including phenoxy) is 1. The minimum atomic E-state index is -0.436. The van der Waals surface area contributed by atoms with Gasteiger partial charge in [0.05, 0.1) is 5.41 Å². The Balaban J connectivity index is 1.37. The van der Waals surface area contributed by atoms with Crippen LogP contribution in [0.3, 0.4) is 0 Å². The van der Waals surface area contributed by atoms with Gasteiger partial charge in [0.15, 0.2) is 0 Å². The lowest BCUT2D eigenvalue weighted by Crippen LogP contribution is -2.47. The summed E-state index contributed by atoms with van der Waals surface area (Å²) in [6.07, 6.45) is 17.8. The first-order valence-electron chi connectivity index (χ1n) is 12.4. The molecule has 5 atom stereocenters. The van der Waals surface area contributed by atoms with E-state index < -0.39 is 5.41 Å². The van der Waals surface area contributed by atoms with E-state index in [0.29, 0.717) is 11.8 Å². The molecule has 5 rings (SSSR count). The van der Waals surface area contributed by atoms with E-state index in [1.807, 2.05) is 39.2 Å². The second kappa shape index (κ2) is 7.43. The number of allylic oxidation sites excluding steroid dienone is 5. The van der Waals surface area contributed by atoms with Crippen LogP contribution in [0.15, 0.2) is 53.9 Å². The summed E-state index contributed by atoms with van der Waals surface area (Å²) in [6, 6.07) is 4.25. The summed E-state index contributed by atoms with van der Waals surface area (Å²) in [4.78, 5) is 16.8. The maximum Gasteiger partial charge on any atom is 0.311 e. The van der Waals surface area contributed by atoms with Crippen molar-refractivity contribution in [2.75, 3.05) is 0 Å². The summed E-state index contributed by atoms with van der Waals surface area (Å²) in [5.74, 6) is 1.23. The number of esters is 1. The third-order valence-electron chi connectivity index (χ3n) is 8.96. The molecule has 3 heteroatoms. The molecule has 0 amide bonds. The summed E-state index contributed by atoms with van der Waals surface area (Å²) in [5.41, 5.74) is 5.80. The molecule has 0 aromatic carbocycles. The number of hydrogen-bond acceptors (Lipinski definition) is 3. The Hall–Kier alpha value is -2.16. The number of nitrogens with zero attached hydrogens (tertiary/aromatic N) is 1. The first-order valence-corrected chi connectivity index (χ1v) is 12.4. The Morgan fingerprint density at radius 2 is 1.97 bits per heavy atom. The number of pyridine rings is 1. The monoisotopic (exact) mass is 431 g/mol. The average Bonchev–Trinajstić information content (AvgIpc) is 3.11. The molecule has 0 spiro atoms. The molecule has 170 valence electrons. The zero-order valence-corrected chi connectivity index (χ0v) is 20.3. The van der Waals surface area contributed by atoms with Gasteiger partial charge in [0, 0.05) is 24.2 Å². The van der Waals surface area contributed by atoms with E-state index in [-0.39, 0.29) is 22.9 Å². The lowest BCUT2D eigenvalue weighted by molar-refractivity contribution is -0.160. The normalized spacial score (nSPS) is 36.2. The van der Waals surface area contributed by atoms with Crippen LogP contribution in [0.4, 0.5) is 0 Å². The Morgan fingerprint density at radius 1 is 1.16 bits per heavy atom. The van der Waals surface area contributed by atoms with E-state index in [4.69, 9.17) is 4.74 Å². The fourth-order valence-corrected chi connectivity index (χ4v) is 7.00. The van der Waals surface area contributed by atoms with E-state index in [2.05, 4.69) is 43.1 Å². The van der Waals surface area contributed by atoms with Crippen molar-refractivity contribution in [2.45, 2.75) is 79.2 Å². The van der Waals surface area contributed by atoms with Crippen LogP contribution >= 0.6 is 0 Å². The van der Waals surface area contributed by atoms with Crippen molar-refractivity contribution in [3.05, 3.63) is 59.5 Å². The van der Waals surface area contributed by atoms with Crippen molar-refractivity contribution >= 4 is 11.5 Å². The molecular formula is C29H37NO2. The highest BCUT2D eigenvalue weighted by molar-refractivity contribution is 5.78. The van der Waals surface area contributed by atoms with Crippen LogP contribution in [0.25, 0.3) is 5.57 Å². The molecule has 2 saturated carbocycles. The zero-order chi connectivity index (χ0) is 22.7. The van der Waals surface area contributed by atoms with Gasteiger partial charge in [-0.2, -0.15) is 0 Å². The van der Waals surface area contributed by atoms with Gasteiger partial charge in [0.25, 0.3) is 0 Å². The smallest absolute Gasteiger partial charge is 0.311 e. The van der Waals surface area contributed by atoms with E-state index >= 15 is 0 Å². The fourth-order valence-electron chi connectivity index (χ4n) is 7.00. The summed E-state index contributed by atoms with van der Waals surface area (Å²) in [5, 5.41) is 0. The molecule has 1 aromatic heterocycles.